The Kier molecular flexibility index (Phi) is 4.88. The molecule has 0 aromatic heterocycles. The molecule has 0 heterocycles. The number of nitrogens with zero attached hydrogens (tertiary/aromatic N) is 1. The van der Waals surface area contributed by atoms with Crippen molar-refractivity contribution in [1.82, 2.24) is 0 Å². The maximum Gasteiger partial charge on any atom is 0.323 e. The summed E-state index contributed by atoms with van der Waals surface area (Å²) in [6.07, 6.45) is 4.21. The third-order valence-corrected chi connectivity index (χ3v) is 5.73. The van der Waals surface area contributed by atoms with Crippen LogP contribution in [0.3, 0.4) is 0 Å². The van der Waals surface area contributed by atoms with Crippen LogP contribution in [0.2, 0.25) is 0 Å². The molecule has 6 heteroatoms. The first-order valence-electron chi connectivity index (χ1n) is 7.25. The van der Waals surface area contributed by atoms with E-state index in [1.807, 2.05) is 4.90 Å². The number of anilines is 1. The highest BCUT2D eigenvalue weighted by atomic mass is 32.2. The molecule has 0 amide bonds. The van der Waals surface area contributed by atoms with Gasteiger partial charge in [-0.25, -0.2) is 8.42 Å². The van der Waals surface area contributed by atoms with Crippen LogP contribution in [-0.2, 0) is 14.6 Å². The molecule has 0 unspecified atom stereocenters. The van der Waals surface area contributed by atoms with Crippen LogP contribution in [-0.4, -0.2) is 37.8 Å². The zero-order valence-corrected chi connectivity index (χ0v) is 13.0. The van der Waals surface area contributed by atoms with Gasteiger partial charge in [-0.3, -0.25) is 4.79 Å². The molecule has 1 aliphatic rings. The number of aliphatic carboxylic acids is 1. The van der Waals surface area contributed by atoms with Crippen LogP contribution in [0.5, 0.6) is 0 Å². The molecule has 1 saturated carbocycles. The van der Waals surface area contributed by atoms with Gasteiger partial charge in [0.1, 0.15) is 6.54 Å². The van der Waals surface area contributed by atoms with Crippen molar-refractivity contribution in [2.75, 3.05) is 17.2 Å². The Bertz CT molecular complexity index is 589. The molecule has 1 N–H and O–H groups in total. The van der Waals surface area contributed by atoms with E-state index in [0.717, 1.165) is 31.4 Å². The average Bonchev–Trinajstić information content (AvgIpc) is 2.98. The Morgan fingerprint density at radius 2 is 1.81 bits per heavy atom. The van der Waals surface area contributed by atoms with Crippen LogP contribution >= 0.6 is 0 Å². The van der Waals surface area contributed by atoms with Gasteiger partial charge in [-0.1, -0.05) is 19.8 Å². The number of benzene rings is 1. The van der Waals surface area contributed by atoms with E-state index in [-0.39, 0.29) is 23.2 Å². The first-order chi connectivity index (χ1) is 9.94. The predicted molar refractivity (Wildman–Crippen MR) is 81.4 cm³/mol. The highest BCUT2D eigenvalue weighted by Gasteiger charge is 2.25. The Hall–Kier alpha value is -1.56. The molecule has 0 aliphatic heterocycles. The number of hydrogen-bond acceptors (Lipinski definition) is 4. The second-order valence-corrected chi connectivity index (χ2v) is 7.64. The molecule has 1 fully saturated rings. The molecule has 1 aliphatic carbocycles. The summed E-state index contributed by atoms with van der Waals surface area (Å²) in [5.41, 5.74) is 0.777. The fourth-order valence-electron chi connectivity index (χ4n) is 2.80. The van der Waals surface area contributed by atoms with Gasteiger partial charge in [0, 0.05) is 11.7 Å². The number of hydrogen-bond donors (Lipinski definition) is 1. The number of carbonyl (C=O) groups is 1. The molecule has 1 aromatic rings. The quantitative estimate of drug-likeness (QED) is 0.872. The lowest BCUT2D eigenvalue weighted by Gasteiger charge is -2.29. The highest BCUT2D eigenvalue weighted by molar-refractivity contribution is 7.91. The van der Waals surface area contributed by atoms with E-state index in [1.54, 1.807) is 31.2 Å². The molecular formula is C15H21NO4S. The van der Waals surface area contributed by atoms with E-state index < -0.39 is 15.8 Å². The Labute approximate surface area is 125 Å². The Morgan fingerprint density at radius 3 is 2.29 bits per heavy atom. The van der Waals surface area contributed by atoms with E-state index in [4.69, 9.17) is 5.11 Å². The molecule has 116 valence electrons. The van der Waals surface area contributed by atoms with Crippen LogP contribution in [0.4, 0.5) is 5.69 Å². The second-order valence-electron chi connectivity index (χ2n) is 5.36. The lowest BCUT2D eigenvalue weighted by Crippen LogP contribution is -2.37. The zero-order valence-electron chi connectivity index (χ0n) is 12.2. The zero-order chi connectivity index (χ0) is 15.5. The summed E-state index contributed by atoms with van der Waals surface area (Å²) >= 11 is 0. The lowest BCUT2D eigenvalue weighted by molar-refractivity contribution is -0.135. The first kappa shape index (κ1) is 15.8. The van der Waals surface area contributed by atoms with Gasteiger partial charge in [0.05, 0.1) is 10.6 Å². The molecule has 1 aromatic carbocycles. The molecule has 0 spiro atoms. The van der Waals surface area contributed by atoms with E-state index in [2.05, 4.69) is 0 Å². The van der Waals surface area contributed by atoms with Gasteiger partial charge in [-0.15, -0.1) is 0 Å². The van der Waals surface area contributed by atoms with Crippen LogP contribution in [0.1, 0.15) is 32.6 Å². The average molecular weight is 311 g/mol. The topological polar surface area (TPSA) is 74.7 Å². The molecule has 2 rings (SSSR count). The highest BCUT2D eigenvalue weighted by Crippen LogP contribution is 2.28. The van der Waals surface area contributed by atoms with Crippen LogP contribution < -0.4 is 4.90 Å². The van der Waals surface area contributed by atoms with Crippen molar-refractivity contribution < 1.29 is 18.3 Å². The summed E-state index contributed by atoms with van der Waals surface area (Å²) in [6.45, 7) is 1.56. The van der Waals surface area contributed by atoms with Gasteiger partial charge in [-0.2, -0.15) is 0 Å². The van der Waals surface area contributed by atoms with Gasteiger partial charge in [0.15, 0.2) is 9.84 Å². The number of carboxylic acids is 1. The number of carboxylic acid groups (broad SMARTS) is 1. The molecule has 0 radical (unpaired) electrons. The summed E-state index contributed by atoms with van der Waals surface area (Å²) in [6, 6.07) is 6.79. The van der Waals surface area contributed by atoms with Crippen molar-refractivity contribution in [2.24, 2.45) is 0 Å². The summed E-state index contributed by atoms with van der Waals surface area (Å²) in [5.74, 6) is -0.805. The fraction of sp³-hybridized carbons (Fsp3) is 0.533. The molecule has 0 saturated heterocycles. The summed E-state index contributed by atoms with van der Waals surface area (Å²) in [5, 5.41) is 9.09. The second kappa shape index (κ2) is 6.47. The third kappa shape index (κ3) is 3.75. The maximum absolute atomic E-state index is 11.8. The first-order valence-corrected chi connectivity index (χ1v) is 8.90. The van der Waals surface area contributed by atoms with E-state index >= 15 is 0 Å². The fourth-order valence-corrected chi connectivity index (χ4v) is 3.69. The Morgan fingerprint density at radius 1 is 1.24 bits per heavy atom. The largest absolute Gasteiger partial charge is 0.480 e. The number of sulfone groups is 1. The van der Waals surface area contributed by atoms with Crippen LogP contribution in [0.25, 0.3) is 0 Å². The van der Waals surface area contributed by atoms with Crippen molar-refractivity contribution in [3.63, 3.8) is 0 Å². The van der Waals surface area contributed by atoms with Crippen LogP contribution in [0, 0.1) is 0 Å². The third-order valence-electron chi connectivity index (χ3n) is 3.98. The van der Waals surface area contributed by atoms with Crippen LogP contribution in [0.15, 0.2) is 29.2 Å². The molecule has 5 nitrogen and oxygen atoms in total. The van der Waals surface area contributed by atoms with Gasteiger partial charge in [-0.05, 0) is 37.1 Å². The van der Waals surface area contributed by atoms with Gasteiger partial charge in [0.25, 0.3) is 0 Å². The summed E-state index contributed by atoms with van der Waals surface area (Å²) in [7, 11) is -3.22. The molecule has 0 bridgehead atoms. The predicted octanol–water partition coefficient (Wildman–Crippen LogP) is 2.31. The molecule has 0 atom stereocenters. The van der Waals surface area contributed by atoms with Gasteiger partial charge < -0.3 is 10.0 Å². The molecule has 21 heavy (non-hydrogen) atoms. The standard InChI is InChI=1S/C15H21NO4S/c1-2-21(19,20)14-9-7-13(8-10-14)16(11-15(17)18)12-5-3-4-6-12/h7-10,12H,2-6,11H2,1H3,(H,17,18). The van der Waals surface area contributed by atoms with Crippen molar-refractivity contribution in [1.29, 1.82) is 0 Å². The van der Waals surface area contributed by atoms with Gasteiger partial charge in [0.2, 0.25) is 0 Å². The van der Waals surface area contributed by atoms with Crippen molar-refractivity contribution in [3.05, 3.63) is 24.3 Å². The minimum atomic E-state index is -3.22. The maximum atomic E-state index is 11.8. The summed E-state index contributed by atoms with van der Waals surface area (Å²) < 4.78 is 23.6. The number of rotatable bonds is 6. The molecular weight excluding hydrogens is 290 g/mol. The minimum absolute atomic E-state index is 0.0511. The van der Waals surface area contributed by atoms with E-state index in [1.165, 1.54) is 0 Å². The monoisotopic (exact) mass is 311 g/mol. The Balaban J connectivity index is 2.26. The summed E-state index contributed by atoms with van der Waals surface area (Å²) in [4.78, 5) is 13.2. The minimum Gasteiger partial charge on any atom is -0.480 e. The smallest absolute Gasteiger partial charge is 0.323 e. The van der Waals surface area contributed by atoms with Crippen molar-refractivity contribution >= 4 is 21.5 Å². The van der Waals surface area contributed by atoms with E-state index in [9.17, 15) is 13.2 Å². The van der Waals surface area contributed by atoms with Crippen molar-refractivity contribution in [2.45, 2.75) is 43.5 Å². The normalized spacial score (nSPS) is 16.0. The van der Waals surface area contributed by atoms with E-state index in [0.29, 0.717) is 0 Å². The lowest BCUT2D eigenvalue weighted by atomic mass is 10.1. The van der Waals surface area contributed by atoms with Crippen molar-refractivity contribution in [3.8, 4) is 0 Å². The SMILES string of the molecule is CCS(=O)(=O)c1ccc(N(CC(=O)O)C2CCCC2)cc1. The van der Waals surface area contributed by atoms with Gasteiger partial charge >= 0.3 is 5.97 Å².